The van der Waals surface area contributed by atoms with E-state index in [2.05, 4.69) is 15.3 Å². The number of halogens is 2. The van der Waals surface area contributed by atoms with E-state index >= 15 is 8.78 Å². The smallest absolute Gasteiger partial charge is 0.254 e. The molecule has 3 aromatic rings. The molecule has 4 rings (SSSR count). The lowest BCUT2D eigenvalue weighted by atomic mass is 9.89. The minimum atomic E-state index is -0.662. The SMILES string of the molecule is CCN1Cc2c(ccnc2NC(C)c2cc(F)c(-c3cc(C(C)(C)C)ncc3O)cc2F)C1=O. The highest BCUT2D eigenvalue weighted by molar-refractivity contribution is 5.99. The Morgan fingerprint density at radius 2 is 1.85 bits per heavy atom. The number of hydrogen-bond acceptors (Lipinski definition) is 5. The van der Waals surface area contributed by atoms with E-state index in [1.165, 1.54) is 12.4 Å². The van der Waals surface area contributed by atoms with Crippen LogP contribution in [0.4, 0.5) is 14.6 Å². The monoisotopic (exact) mass is 466 g/mol. The van der Waals surface area contributed by atoms with Crippen molar-refractivity contribution in [2.75, 3.05) is 11.9 Å². The first-order chi connectivity index (χ1) is 16.0. The zero-order valence-corrected chi connectivity index (χ0v) is 19.9. The van der Waals surface area contributed by atoms with Crippen molar-refractivity contribution in [1.29, 1.82) is 0 Å². The number of rotatable bonds is 5. The van der Waals surface area contributed by atoms with E-state index in [4.69, 9.17) is 0 Å². The minimum absolute atomic E-state index is 0.0400. The zero-order chi connectivity index (χ0) is 24.8. The summed E-state index contributed by atoms with van der Waals surface area (Å²) in [5, 5.41) is 13.4. The molecule has 1 aliphatic rings. The lowest BCUT2D eigenvalue weighted by Gasteiger charge is -2.20. The number of nitrogens with one attached hydrogen (secondary N) is 1. The molecule has 0 fully saturated rings. The quantitative estimate of drug-likeness (QED) is 0.514. The molecule has 0 saturated carbocycles. The van der Waals surface area contributed by atoms with Gasteiger partial charge in [-0.1, -0.05) is 20.8 Å². The van der Waals surface area contributed by atoms with E-state index in [-0.39, 0.29) is 33.8 Å². The fourth-order valence-electron chi connectivity index (χ4n) is 4.12. The Balaban J connectivity index is 1.67. The summed E-state index contributed by atoms with van der Waals surface area (Å²) in [6.07, 6.45) is 2.79. The molecule has 0 bridgehead atoms. The van der Waals surface area contributed by atoms with E-state index in [1.54, 1.807) is 24.0 Å². The fourth-order valence-corrected chi connectivity index (χ4v) is 4.12. The summed E-state index contributed by atoms with van der Waals surface area (Å²) in [6, 6.07) is 4.86. The average Bonchev–Trinajstić information content (AvgIpc) is 3.11. The summed E-state index contributed by atoms with van der Waals surface area (Å²) in [7, 11) is 0. The van der Waals surface area contributed by atoms with Crippen LogP contribution in [0.15, 0.2) is 36.7 Å². The van der Waals surface area contributed by atoms with Gasteiger partial charge in [0.15, 0.2) is 0 Å². The molecule has 2 N–H and O–H groups in total. The summed E-state index contributed by atoms with van der Waals surface area (Å²) in [5.74, 6) is -1.10. The van der Waals surface area contributed by atoms with Gasteiger partial charge in [-0.25, -0.2) is 13.8 Å². The van der Waals surface area contributed by atoms with Crippen LogP contribution in [0.2, 0.25) is 0 Å². The van der Waals surface area contributed by atoms with Crippen molar-refractivity contribution in [1.82, 2.24) is 14.9 Å². The second kappa shape index (κ2) is 8.66. The highest BCUT2D eigenvalue weighted by Crippen LogP contribution is 2.37. The Bertz CT molecular complexity index is 1270. The number of pyridine rings is 2. The van der Waals surface area contributed by atoms with Crippen LogP contribution in [0.1, 0.15) is 67.8 Å². The number of aromatic hydroxyl groups is 1. The third kappa shape index (κ3) is 4.20. The molecular formula is C26H28F2N4O2. The normalized spacial score (nSPS) is 14.3. The first kappa shape index (κ1) is 23.6. The van der Waals surface area contributed by atoms with Crippen molar-refractivity contribution >= 4 is 11.7 Å². The van der Waals surface area contributed by atoms with E-state index in [0.29, 0.717) is 30.2 Å². The van der Waals surface area contributed by atoms with Gasteiger partial charge in [-0.3, -0.25) is 9.78 Å². The second-order valence-electron chi connectivity index (χ2n) is 9.56. The van der Waals surface area contributed by atoms with E-state index in [0.717, 1.165) is 17.7 Å². The number of benzene rings is 1. The van der Waals surface area contributed by atoms with Gasteiger partial charge in [0, 0.05) is 51.7 Å². The number of amides is 1. The Labute approximate surface area is 197 Å². The summed E-state index contributed by atoms with van der Waals surface area (Å²) in [4.78, 5) is 22.7. The average molecular weight is 467 g/mol. The molecule has 2 aromatic heterocycles. The lowest BCUT2D eigenvalue weighted by Crippen LogP contribution is -2.22. The first-order valence-corrected chi connectivity index (χ1v) is 11.2. The van der Waals surface area contributed by atoms with Crippen LogP contribution in [0.3, 0.4) is 0 Å². The van der Waals surface area contributed by atoms with E-state index in [1.807, 2.05) is 27.7 Å². The molecule has 0 spiro atoms. The largest absolute Gasteiger partial charge is 0.506 e. The molecule has 0 aliphatic carbocycles. The van der Waals surface area contributed by atoms with Crippen LogP contribution >= 0.6 is 0 Å². The maximum Gasteiger partial charge on any atom is 0.254 e. The number of anilines is 1. The maximum absolute atomic E-state index is 15.2. The van der Waals surface area contributed by atoms with E-state index < -0.39 is 17.7 Å². The third-order valence-electron chi connectivity index (χ3n) is 6.15. The number of carbonyl (C=O) groups excluding carboxylic acids is 1. The molecule has 1 unspecified atom stereocenters. The highest BCUT2D eigenvalue weighted by atomic mass is 19.1. The maximum atomic E-state index is 15.2. The molecule has 8 heteroatoms. The number of fused-ring (bicyclic) bond motifs is 1. The molecule has 1 aliphatic heterocycles. The Morgan fingerprint density at radius 1 is 1.12 bits per heavy atom. The van der Waals surface area contributed by atoms with Crippen molar-refractivity contribution in [2.45, 2.75) is 52.6 Å². The van der Waals surface area contributed by atoms with Gasteiger partial charge in [0.25, 0.3) is 5.91 Å². The minimum Gasteiger partial charge on any atom is -0.506 e. The predicted molar refractivity (Wildman–Crippen MR) is 127 cm³/mol. The third-order valence-corrected chi connectivity index (χ3v) is 6.15. The molecule has 1 aromatic carbocycles. The van der Waals surface area contributed by atoms with Crippen molar-refractivity contribution < 1.29 is 18.7 Å². The number of hydrogen-bond donors (Lipinski definition) is 2. The molecule has 0 radical (unpaired) electrons. The van der Waals surface area contributed by atoms with Gasteiger partial charge in [-0.2, -0.15) is 0 Å². The van der Waals surface area contributed by atoms with Gasteiger partial charge in [-0.15, -0.1) is 0 Å². The van der Waals surface area contributed by atoms with Crippen LogP contribution in [-0.4, -0.2) is 32.4 Å². The molecule has 178 valence electrons. The van der Waals surface area contributed by atoms with Gasteiger partial charge < -0.3 is 15.3 Å². The topological polar surface area (TPSA) is 78.3 Å². The molecule has 0 saturated heterocycles. The van der Waals surface area contributed by atoms with Crippen LogP contribution in [-0.2, 0) is 12.0 Å². The molecule has 6 nitrogen and oxygen atoms in total. The predicted octanol–water partition coefficient (Wildman–Crippen LogP) is 5.57. The van der Waals surface area contributed by atoms with Crippen LogP contribution < -0.4 is 5.32 Å². The summed E-state index contributed by atoms with van der Waals surface area (Å²) >= 11 is 0. The van der Waals surface area contributed by atoms with Crippen LogP contribution in [0.5, 0.6) is 5.75 Å². The summed E-state index contributed by atoms with van der Waals surface area (Å²) < 4.78 is 30.4. The van der Waals surface area contributed by atoms with Crippen LogP contribution in [0.25, 0.3) is 11.1 Å². The fraction of sp³-hybridized carbons (Fsp3) is 0.346. The van der Waals surface area contributed by atoms with Gasteiger partial charge in [-0.05, 0) is 38.1 Å². The number of aromatic nitrogens is 2. The van der Waals surface area contributed by atoms with Crippen molar-refractivity contribution in [3.05, 3.63) is 70.7 Å². The van der Waals surface area contributed by atoms with Gasteiger partial charge in [0.1, 0.15) is 23.2 Å². The van der Waals surface area contributed by atoms with E-state index in [9.17, 15) is 9.90 Å². The van der Waals surface area contributed by atoms with Gasteiger partial charge in [0.2, 0.25) is 0 Å². The van der Waals surface area contributed by atoms with Gasteiger partial charge >= 0.3 is 0 Å². The molecule has 1 atom stereocenters. The Morgan fingerprint density at radius 3 is 2.53 bits per heavy atom. The number of carbonyl (C=O) groups is 1. The standard InChI is InChI=1S/C26H28F2N4O2/c1-6-32-13-19-15(25(32)34)7-8-29-24(19)31-14(2)16-9-21(28)17(10-20(16)27)18-11-23(26(3,4)5)30-12-22(18)33/h7-12,14,33H,6,13H2,1-5H3,(H,29,31). The molecule has 3 heterocycles. The first-order valence-electron chi connectivity index (χ1n) is 11.2. The Kier molecular flexibility index (Phi) is 6.02. The van der Waals surface area contributed by atoms with Crippen molar-refractivity contribution in [3.8, 4) is 16.9 Å². The van der Waals surface area contributed by atoms with Crippen molar-refractivity contribution in [2.24, 2.45) is 0 Å². The molecule has 1 amide bonds. The number of nitrogens with zero attached hydrogens (tertiary/aromatic N) is 3. The Hall–Kier alpha value is -3.55. The zero-order valence-electron chi connectivity index (χ0n) is 19.9. The summed E-state index contributed by atoms with van der Waals surface area (Å²) in [6.45, 7) is 10.4. The highest BCUT2D eigenvalue weighted by Gasteiger charge is 2.30. The molecule has 34 heavy (non-hydrogen) atoms. The van der Waals surface area contributed by atoms with Crippen LogP contribution in [0, 0.1) is 11.6 Å². The van der Waals surface area contributed by atoms with Gasteiger partial charge in [0.05, 0.1) is 18.8 Å². The summed E-state index contributed by atoms with van der Waals surface area (Å²) in [5.41, 5.74) is 1.89. The second-order valence-corrected chi connectivity index (χ2v) is 9.56. The van der Waals surface area contributed by atoms with Crippen molar-refractivity contribution in [3.63, 3.8) is 0 Å². The molecular weight excluding hydrogens is 438 g/mol. The lowest BCUT2D eigenvalue weighted by molar-refractivity contribution is 0.0787.